The Bertz CT molecular complexity index is 617. The molecule has 1 saturated heterocycles. The van der Waals surface area contributed by atoms with Gasteiger partial charge in [0.2, 0.25) is 0 Å². The molecule has 1 heterocycles. The Morgan fingerprint density at radius 2 is 1.72 bits per heavy atom. The van der Waals surface area contributed by atoms with Crippen LogP contribution in [0.5, 0.6) is 0 Å². The van der Waals surface area contributed by atoms with Crippen LogP contribution in [-0.4, -0.2) is 37.1 Å². The zero-order chi connectivity index (χ0) is 18.1. The number of hydrogen-bond acceptors (Lipinski definition) is 5. The highest BCUT2D eigenvalue weighted by atomic mass is 31.2. The van der Waals surface area contributed by atoms with Crippen LogP contribution in [0.25, 0.3) is 0 Å². The highest BCUT2D eigenvalue weighted by Crippen LogP contribution is 2.54. The second-order valence-electron chi connectivity index (χ2n) is 5.76. The summed E-state index contributed by atoms with van der Waals surface area (Å²) in [6.07, 6.45) is 5.06. The predicted molar refractivity (Wildman–Crippen MR) is 98.3 cm³/mol. The normalized spacial score (nSPS) is 15.9. The Kier molecular flexibility index (Phi) is 7.69. The van der Waals surface area contributed by atoms with Crippen molar-refractivity contribution in [2.75, 3.05) is 26.3 Å². The van der Waals surface area contributed by atoms with Gasteiger partial charge in [-0.15, -0.1) is 0 Å². The maximum atomic E-state index is 13.2. The molecule has 0 spiro atoms. The molecule has 0 atom stereocenters. The van der Waals surface area contributed by atoms with E-state index in [1.165, 1.54) is 6.42 Å². The third-order valence-corrected chi connectivity index (χ3v) is 5.88. The number of carbonyl (C=O) groups is 1. The van der Waals surface area contributed by atoms with Crippen LogP contribution in [-0.2, 0) is 13.6 Å². The molecular formula is C18H27N2O4P. The van der Waals surface area contributed by atoms with Crippen molar-refractivity contribution in [1.82, 2.24) is 10.2 Å². The minimum absolute atomic E-state index is 0.201. The van der Waals surface area contributed by atoms with E-state index in [0.29, 0.717) is 5.56 Å². The minimum Gasteiger partial charge on any atom is -0.375 e. The van der Waals surface area contributed by atoms with E-state index in [-0.39, 0.29) is 24.6 Å². The molecule has 0 bridgehead atoms. The van der Waals surface area contributed by atoms with Gasteiger partial charge in [0.1, 0.15) is 5.44 Å². The number of hydrogen-bond donors (Lipinski definition) is 1. The number of likely N-dealkylation sites (tertiary alicyclic amines) is 1. The molecule has 7 heteroatoms. The van der Waals surface area contributed by atoms with Gasteiger partial charge in [-0.25, -0.2) is 0 Å². The van der Waals surface area contributed by atoms with Crippen molar-refractivity contribution in [3.8, 4) is 0 Å². The summed E-state index contributed by atoms with van der Waals surface area (Å²) < 4.78 is 24.1. The van der Waals surface area contributed by atoms with Gasteiger partial charge in [-0.1, -0.05) is 18.2 Å². The molecule has 0 unspecified atom stereocenters. The number of benzene rings is 1. The van der Waals surface area contributed by atoms with Crippen molar-refractivity contribution in [1.29, 1.82) is 0 Å². The van der Waals surface area contributed by atoms with E-state index in [1.807, 2.05) is 6.07 Å². The molecule has 0 aliphatic carbocycles. The first-order chi connectivity index (χ1) is 12.1. The van der Waals surface area contributed by atoms with Gasteiger partial charge in [-0.3, -0.25) is 9.36 Å². The maximum absolute atomic E-state index is 13.2. The summed E-state index contributed by atoms with van der Waals surface area (Å²) in [6, 6.07) is 8.83. The predicted octanol–water partition coefficient (Wildman–Crippen LogP) is 3.97. The van der Waals surface area contributed by atoms with Gasteiger partial charge in [0.15, 0.2) is 0 Å². The Hall–Kier alpha value is -1.62. The average Bonchev–Trinajstić information content (AvgIpc) is 2.63. The van der Waals surface area contributed by atoms with Crippen molar-refractivity contribution in [2.45, 2.75) is 33.1 Å². The monoisotopic (exact) mass is 366 g/mol. The lowest BCUT2D eigenvalue weighted by Crippen LogP contribution is -2.29. The molecule has 1 N–H and O–H groups in total. The molecule has 0 saturated carbocycles. The molecule has 6 nitrogen and oxygen atoms in total. The minimum atomic E-state index is -3.58. The molecule has 1 aliphatic heterocycles. The lowest BCUT2D eigenvalue weighted by molar-refractivity contribution is 0.0963. The molecule has 1 amide bonds. The van der Waals surface area contributed by atoms with Crippen LogP contribution in [0.1, 0.15) is 43.5 Å². The molecule has 1 fully saturated rings. The molecule has 138 valence electrons. The lowest BCUT2D eigenvalue weighted by Gasteiger charge is -2.28. The van der Waals surface area contributed by atoms with Gasteiger partial charge in [-0.2, -0.15) is 0 Å². The molecule has 1 aromatic rings. The van der Waals surface area contributed by atoms with E-state index < -0.39 is 7.60 Å². The van der Waals surface area contributed by atoms with Crippen molar-refractivity contribution in [2.24, 2.45) is 0 Å². The molecular weight excluding hydrogens is 339 g/mol. The van der Waals surface area contributed by atoms with E-state index in [1.54, 1.807) is 44.3 Å². The highest BCUT2D eigenvalue weighted by molar-refractivity contribution is 7.58. The van der Waals surface area contributed by atoms with Crippen molar-refractivity contribution >= 4 is 13.5 Å². The fraction of sp³-hybridized carbons (Fsp3) is 0.500. The smallest absolute Gasteiger partial charge is 0.375 e. The van der Waals surface area contributed by atoms with Gasteiger partial charge in [-0.05, 0) is 45.2 Å². The number of carbonyl (C=O) groups excluding carboxylic acids is 1. The largest absolute Gasteiger partial charge is 0.378 e. The standard InChI is InChI=1S/C18H27N2O4P/c1-3-23-25(22,24-4-2)17(15-20-13-9-6-10-14-20)19-18(21)16-11-7-5-8-12-16/h5,7-8,11-12,15H,3-4,6,9-10,13-14H2,1-2H3,(H,19,21)/b17-15+. The van der Waals surface area contributed by atoms with Crippen LogP contribution < -0.4 is 5.32 Å². The zero-order valence-electron chi connectivity index (χ0n) is 14.9. The molecule has 2 rings (SSSR count). The summed E-state index contributed by atoms with van der Waals surface area (Å²) in [7, 11) is -3.58. The summed E-state index contributed by atoms with van der Waals surface area (Å²) in [5.74, 6) is -0.330. The molecule has 25 heavy (non-hydrogen) atoms. The van der Waals surface area contributed by atoms with E-state index in [9.17, 15) is 9.36 Å². The first-order valence-electron chi connectivity index (χ1n) is 8.81. The summed E-state index contributed by atoms with van der Waals surface area (Å²) in [4.78, 5) is 14.6. The number of rotatable bonds is 8. The Morgan fingerprint density at radius 3 is 2.28 bits per heavy atom. The number of amides is 1. The second-order valence-corrected chi connectivity index (χ2v) is 7.76. The highest BCUT2D eigenvalue weighted by Gasteiger charge is 2.32. The number of nitrogens with one attached hydrogen (secondary N) is 1. The van der Waals surface area contributed by atoms with Crippen LogP contribution in [0.2, 0.25) is 0 Å². The third-order valence-electron chi connectivity index (χ3n) is 3.87. The van der Waals surface area contributed by atoms with Crippen LogP contribution in [0.15, 0.2) is 42.0 Å². The Labute approximate surface area is 149 Å². The quantitative estimate of drug-likeness (QED) is 0.705. The van der Waals surface area contributed by atoms with Crippen molar-refractivity contribution in [3.63, 3.8) is 0 Å². The lowest BCUT2D eigenvalue weighted by atomic mass is 10.1. The fourth-order valence-corrected chi connectivity index (χ4v) is 4.26. The molecule has 0 radical (unpaired) electrons. The van der Waals surface area contributed by atoms with Crippen molar-refractivity contribution in [3.05, 3.63) is 47.5 Å². The van der Waals surface area contributed by atoms with Crippen LogP contribution >= 0.6 is 7.60 Å². The maximum Gasteiger partial charge on any atom is 0.378 e. The molecule has 1 aromatic carbocycles. The first kappa shape index (κ1) is 19.7. The zero-order valence-corrected chi connectivity index (χ0v) is 15.8. The van der Waals surface area contributed by atoms with E-state index in [4.69, 9.17) is 9.05 Å². The number of piperidine rings is 1. The van der Waals surface area contributed by atoms with Crippen LogP contribution in [0.4, 0.5) is 0 Å². The number of nitrogens with zero attached hydrogens (tertiary/aromatic N) is 1. The average molecular weight is 366 g/mol. The van der Waals surface area contributed by atoms with Gasteiger partial charge >= 0.3 is 7.60 Å². The molecule has 1 aliphatic rings. The van der Waals surface area contributed by atoms with E-state index >= 15 is 0 Å². The van der Waals surface area contributed by atoms with Gasteiger partial charge in [0.05, 0.1) is 13.2 Å². The van der Waals surface area contributed by atoms with E-state index in [2.05, 4.69) is 10.2 Å². The Balaban J connectivity index is 2.28. The summed E-state index contributed by atoms with van der Waals surface area (Å²) in [5.41, 5.74) is 0.693. The van der Waals surface area contributed by atoms with E-state index in [0.717, 1.165) is 25.9 Å². The van der Waals surface area contributed by atoms with Crippen molar-refractivity contribution < 1.29 is 18.4 Å². The van der Waals surface area contributed by atoms with Gasteiger partial charge in [0.25, 0.3) is 5.91 Å². The summed E-state index contributed by atoms with van der Waals surface area (Å²) in [5, 5.41) is 2.76. The summed E-state index contributed by atoms with van der Waals surface area (Å²) >= 11 is 0. The fourth-order valence-electron chi connectivity index (χ4n) is 2.69. The molecule has 0 aromatic heterocycles. The Morgan fingerprint density at radius 1 is 1.12 bits per heavy atom. The topological polar surface area (TPSA) is 67.9 Å². The summed E-state index contributed by atoms with van der Waals surface area (Å²) in [6.45, 7) is 5.70. The van der Waals surface area contributed by atoms with Gasteiger partial charge in [0, 0.05) is 24.9 Å². The SMILES string of the molecule is CCOP(=O)(OCC)/C(=C/N1CCCCC1)NC(=O)c1ccccc1. The first-order valence-corrected chi connectivity index (χ1v) is 10.3. The third kappa shape index (κ3) is 5.70. The second kappa shape index (κ2) is 9.76. The van der Waals surface area contributed by atoms with Crippen LogP contribution in [0.3, 0.4) is 0 Å². The van der Waals surface area contributed by atoms with Crippen LogP contribution in [0, 0.1) is 0 Å². The van der Waals surface area contributed by atoms with Gasteiger partial charge < -0.3 is 19.3 Å².